The molecule has 0 bridgehead atoms. The van der Waals surface area contributed by atoms with E-state index in [4.69, 9.17) is 9.72 Å². The summed E-state index contributed by atoms with van der Waals surface area (Å²) in [4.78, 5) is 19.3. The molecule has 0 amide bonds. The van der Waals surface area contributed by atoms with E-state index in [1.165, 1.54) is 4.90 Å². The predicted molar refractivity (Wildman–Crippen MR) is 126 cm³/mol. The minimum atomic E-state index is -0.0952. The summed E-state index contributed by atoms with van der Waals surface area (Å²) in [6.45, 7) is 2.54. The van der Waals surface area contributed by atoms with Crippen LogP contribution in [0.15, 0.2) is 82.5 Å². The normalized spacial score (nSPS) is 11.3. The van der Waals surface area contributed by atoms with Crippen LogP contribution in [0.3, 0.4) is 0 Å². The van der Waals surface area contributed by atoms with E-state index in [1.807, 2.05) is 67.6 Å². The molecule has 0 aliphatic carbocycles. The lowest BCUT2D eigenvalue weighted by Crippen LogP contribution is -2.22. The van der Waals surface area contributed by atoms with Crippen molar-refractivity contribution in [3.05, 3.63) is 94.5 Å². The molecule has 0 saturated heterocycles. The molecule has 5 heteroatoms. The maximum atomic E-state index is 13.3. The minimum absolute atomic E-state index is 0.0952. The number of fused-ring (bicyclic) bond motifs is 1. The molecule has 1 heterocycles. The molecule has 4 nitrogen and oxygen atoms in total. The Hall–Kier alpha value is -3.31. The lowest BCUT2D eigenvalue weighted by Gasteiger charge is -2.12. The highest BCUT2D eigenvalue weighted by Crippen LogP contribution is 2.20. The Morgan fingerprint density at radius 1 is 0.967 bits per heavy atom. The van der Waals surface area contributed by atoms with Gasteiger partial charge in [-0.2, -0.15) is 0 Å². The Morgan fingerprint density at radius 3 is 2.40 bits per heavy atom. The predicted octanol–water partition coefficient (Wildman–Crippen LogP) is 5.68. The van der Waals surface area contributed by atoms with Crippen LogP contribution in [-0.4, -0.2) is 22.4 Å². The molecule has 150 valence electrons. The molecule has 0 unspecified atom stereocenters. The molecule has 0 N–H and O–H groups in total. The summed E-state index contributed by atoms with van der Waals surface area (Å²) in [5.74, 6) is 1.35. The lowest BCUT2D eigenvalue weighted by molar-refractivity contribution is 0.340. The van der Waals surface area contributed by atoms with Crippen molar-refractivity contribution in [2.45, 2.75) is 11.8 Å². The quantitative estimate of drug-likeness (QED) is 0.381. The van der Waals surface area contributed by atoms with E-state index in [9.17, 15) is 4.79 Å². The van der Waals surface area contributed by atoms with Gasteiger partial charge in [0, 0.05) is 4.90 Å². The number of nitrogens with zero attached hydrogens (tertiary/aromatic N) is 2. The number of para-hydroxylation sites is 1. The summed E-state index contributed by atoms with van der Waals surface area (Å²) in [5.41, 5.74) is 2.39. The standard InChI is InChI=1S/C25H22N2O2S/c1-3-29-20-13-11-19(12-14-20)27-24(17-10-18-8-15-21(30-2)16-9-18)26-23-7-5-4-6-22(23)25(27)28/h4-17H,3H2,1-2H3. The zero-order valence-corrected chi connectivity index (χ0v) is 17.7. The van der Waals surface area contributed by atoms with Crippen LogP contribution in [-0.2, 0) is 0 Å². The molecule has 30 heavy (non-hydrogen) atoms. The average molecular weight is 415 g/mol. The Morgan fingerprint density at radius 2 is 1.70 bits per heavy atom. The number of benzene rings is 3. The van der Waals surface area contributed by atoms with Crippen molar-refractivity contribution in [1.82, 2.24) is 9.55 Å². The molecule has 0 aliphatic heterocycles. The van der Waals surface area contributed by atoms with Gasteiger partial charge in [-0.3, -0.25) is 9.36 Å². The van der Waals surface area contributed by atoms with E-state index in [0.29, 0.717) is 23.3 Å². The van der Waals surface area contributed by atoms with Crippen molar-refractivity contribution in [3.8, 4) is 11.4 Å². The van der Waals surface area contributed by atoms with Crippen LogP contribution in [0.5, 0.6) is 5.75 Å². The third kappa shape index (κ3) is 4.16. The van der Waals surface area contributed by atoms with Gasteiger partial charge in [0.15, 0.2) is 0 Å². The van der Waals surface area contributed by atoms with Gasteiger partial charge in [-0.1, -0.05) is 30.3 Å². The third-order valence-electron chi connectivity index (χ3n) is 4.75. The topological polar surface area (TPSA) is 44.1 Å². The fraction of sp³-hybridized carbons (Fsp3) is 0.120. The average Bonchev–Trinajstić information content (AvgIpc) is 2.79. The summed E-state index contributed by atoms with van der Waals surface area (Å²) in [6.07, 6.45) is 5.92. The molecule has 0 radical (unpaired) electrons. The van der Waals surface area contributed by atoms with E-state index in [2.05, 4.69) is 30.5 Å². The van der Waals surface area contributed by atoms with E-state index >= 15 is 0 Å². The smallest absolute Gasteiger partial charge is 0.266 e. The van der Waals surface area contributed by atoms with E-state index in [1.54, 1.807) is 16.3 Å². The van der Waals surface area contributed by atoms with Crippen LogP contribution in [0.25, 0.3) is 28.7 Å². The summed E-state index contributed by atoms with van der Waals surface area (Å²) in [5, 5.41) is 0.591. The van der Waals surface area contributed by atoms with E-state index in [-0.39, 0.29) is 5.56 Å². The molecule has 4 rings (SSSR count). The largest absolute Gasteiger partial charge is 0.494 e. The fourth-order valence-corrected chi connectivity index (χ4v) is 3.66. The zero-order valence-electron chi connectivity index (χ0n) is 16.9. The molecule has 0 saturated carbocycles. The monoisotopic (exact) mass is 414 g/mol. The SMILES string of the molecule is CCOc1ccc(-n2c(C=Cc3ccc(SC)cc3)nc3ccccc3c2=O)cc1. The second kappa shape index (κ2) is 9.01. The summed E-state index contributed by atoms with van der Waals surface area (Å²) < 4.78 is 7.18. The highest BCUT2D eigenvalue weighted by atomic mass is 32.2. The van der Waals surface area contributed by atoms with Crippen LogP contribution in [0.1, 0.15) is 18.3 Å². The van der Waals surface area contributed by atoms with Crippen molar-refractivity contribution in [3.63, 3.8) is 0 Å². The van der Waals surface area contributed by atoms with Crippen molar-refractivity contribution < 1.29 is 4.74 Å². The molecule has 0 atom stereocenters. The minimum Gasteiger partial charge on any atom is -0.494 e. The molecular weight excluding hydrogens is 392 g/mol. The first-order valence-corrected chi connectivity index (χ1v) is 11.0. The highest BCUT2D eigenvalue weighted by molar-refractivity contribution is 7.98. The van der Waals surface area contributed by atoms with Crippen LogP contribution in [0, 0.1) is 0 Å². The van der Waals surface area contributed by atoms with Gasteiger partial charge in [-0.25, -0.2) is 4.98 Å². The van der Waals surface area contributed by atoms with Gasteiger partial charge < -0.3 is 4.74 Å². The van der Waals surface area contributed by atoms with Gasteiger partial charge in [-0.15, -0.1) is 11.8 Å². The summed E-state index contributed by atoms with van der Waals surface area (Å²) in [6, 6.07) is 23.2. The summed E-state index contributed by atoms with van der Waals surface area (Å²) in [7, 11) is 0. The summed E-state index contributed by atoms with van der Waals surface area (Å²) >= 11 is 1.71. The molecule has 4 aromatic rings. The molecule has 1 aromatic heterocycles. The Bertz CT molecular complexity index is 1240. The highest BCUT2D eigenvalue weighted by Gasteiger charge is 2.11. The Kier molecular flexibility index (Phi) is 6.00. The van der Waals surface area contributed by atoms with Gasteiger partial charge >= 0.3 is 0 Å². The van der Waals surface area contributed by atoms with Crippen LogP contribution in [0.4, 0.5) is 0 Å². The number of thioether (sulfide) groups is 1. The number of rotatable bonds is 6. The van der Waals surface area contributed by atoms with E-state index in [0.717, 1.165) is 17.0 Å². The molecule has 0 aliphatic rings. The van der Waals surface area contributed by atoms with E-state index < -0.39 is 0 Å². The number of hydrogen-bond donors (Lipinski definition) is 0. The Labute approximate surface area is 179 Å². The van der Waals surface area contributed by atoms with Gasteiger partial charge in [0.2, 0.25) is 0 Å². The zero-order chi connectivity index (χ0) is 20.9. The lowest BCUT2D eigenvalue weighted by atomic mass is 10.2. The van der Waals surface area contributed by atoms with Crippen LogP contribution < -0.4 is 10.3 Å². The maximum absolute atomic E-state index is 13.3. The van der Waals surface area contributed by atoms with Gasteiger partial charge in [0.25, 0.3) is 5.56 Å². The number of ether oxygens (including phenoxy) is 1. The Balaban J connectivity index is 1.83. The molecule has 3 aromatic carbocycles. The molecule has 0 spiro atoms. The first kappa shape index (κ1) is 20.0. The molecule has 0 fully saturated rings. The van der Waals surface area contributed by atoms with Gasteiger partial charge in [0.1, 0.15) is 11.6 Å². The van der Waals surface area contributed by atoms with Gasteiger partial charge in [0.05, 0.1) is 23.2 Å². The number of hydrogen-bond acceptors (Lipinski definition) is 4. The van der Waals surface area contributed by atoms with Crippen molar-refractivity contribution >= 4 is 34.8 Å². The van der Waals surface area contributed by atoms with Gasteiger partial charge in [-0.05, 0) is 73.3 Å². The van der Waals surface area contributed by atoms with Crippen LogP contribution >= 0.6 is 11.8 Å². The maximum Gasteiger partial charge on any atom is 0.266 e. The first-order valence-electron chi connectivity index (χ1n) is 9.77. The van der Waals surface area contributed by atoms with Crippen molar-refractivity contribution in [2.75, 3.05) is 12.9 Å². The van der Waals surface area contributed by atoms with Crippen molar-refractivity contribution in [1.29, 1.82) is 0 Å². The second-order valence-electron chi connectivity index (χ2n) is 6.66. The second-order valence-corrected chi connectivity index (χ2v) is 7.54. The first-order chi connectivity index (χ1) is 14.7. The van der Waals surface area contributed by atoms with Crippen LogP contribution in [0.2, 0.25) is 0 Å². The van der Waals surface area contributed by atoms with Crippen molar-refractivity contribution in [2.24, 2.45) is 0 Å². The third-order valence-corrected chi connectivity index (χ3v) is 5.49. The number of aromatic nitrogens is 2. The fourth-order valence-electron chi connectivity index (χ4n) is 3.26. The molecular formula is C25H22N2O2S.